The Morgan fingerprint density at radius 1 is 1.23 bits per heavy atom. The van der Waals surface area contributed by atoms with Gasteiger partial charge in [0.25, 0.3) is 0 Å². The molecule has 0 spiro atoms. The number of hydrazone groups is 1. The monoisotopic (exact) mass is 425 g/mol. The van der Waals surface area contributed by atoms with E-state index in [-0.39, 0.29) is 0 Å². The van der Waals surface area contributed by atoms with Gasteiger partial charge < -0.3 is 10.3 Å². The standard InChI is InChI=1S/C26H43N5/c1-8-12-13-17-24(16-11-4)25-19-21-31(29-25)26(30(6)7)18-20-27-28-22(5)23(14-9-2)15-10-3/h11-13,16-19,21,23,27H,8-10,14-15,20H2,1-7H3/b13-12+,16-11-,24-17+,26-18-,28-22+. The Kier molecular flexibility index (Phi) is 13.0. The van der Waals surface area contributed by atoms with Gasteiger partial charge in [-0.1, -0.05) is 64.0 Å². The lowest BCUT2D eigenvalue weighted by atomic mass is 9.94. The van der Waals surface area contributed by atoms with Crippen LogP contribution in [0, 0.1) is 5.92 Å². The molecular formula is C26H43N5. The second-order valence-corrected chi connectivity index (χ2v) is 7.95. The number of nitrogens with zero attached hydrogens (tertiary/aromatic N) is 4. The first-order chi connectivity index (χ1) is 15.0. The van der Waals surface area contributed by atoms with Gasteiger partial charge in [0.05, 0.1) is 12.2 Å². The lowest BCUT2D eigenvalue weighted by Gasteiger charge is -2.18. The van der Waals surface area contributed by atoms with Crippen molar-refractivity contribution in [1.29, 1.82) is 0 Å². The van der Waals surface area contributed by atoms with Crippen LogP contribution in [0.5, 0.6) is 0 Å². The first kappa shape index (κ1) is 26.5. The van der Waals surface area contributed by atoms with E-state index in [1.165, 1.54) is 31.4 Å². The third-order valence-corrected chi connectivity index (χ3v) is 5.07. The van der Waals surface area contributed by atoms with E-state index in [1.807, 2.05) is 38.0 Å². The fourth-order valence-corrected chi connectivity index (χ4v) is 3.46. The summed E-state index contributed by atoms with van der Waals surface area (Å²) < 4.78 is 1.92. The quantitative estimate of drug-likeness (QED) is 0.163. The van der Waals surface area contributed by atoms with Crippen LogP contribution < -0.4 is 5.43 Å². The SMILES string of the molecule is C\C=C/C(=C\C=C\CC)c1ccn(/C(=C\CN/N=C(\C)C(CCC)CCC)N(C)C)n1. The molecule has 0 radical (unpaired) electrons. The summed E-state index contributed by atoms with van der Waals surface area (Å²) >= 11 is 0. The van der Waals surface area contributed by atoms with Crippen LogP contribution in [0.1, 0.15) is 72.4 Å². The predicted molar refractivity (Wildman–Crippen MR) is 137 cm³/mol. The Balaban J connectivity index is 2.95. The molecule has 0 bridgehead atoms. The van der Waals surface area contributed by atoms with E-state index in [0.29, 0.717) is 12.5 Å². The molecule has 0 amide bonds. The number of hydrogen-bond donors (Lipinski definition) is 1. The zero-order chi connectivity index (χ0) is 23.1. The number of allylic oxidation sites excluding steroid dienone is 6. The van der Waals surface area contributed by atoms with Crippen LogP contribution in [0.4, 0.5) is 0 Å². The molecule has 0 aromatic carbocycles. The van der Waals surface area contributed by atoms with E-state index >= 15 is 0 Å². The molecule has 0 saturated carbocycles. The van der Waals surface area contributed by atoms with Gasteiger partial charge in [-0.15, -0.1) is 0 Å². The predicted octanol–water partition coefficient (Wildman–Crippen LogP) is 6.35. The average molecular weight is 426 g/mol. The van der Waals surface area contributed by atoms with Crippen molar-refractivity contribution in [3.05, 3.63) is 54.4 Å². The van der Waals surface area contributed by atoms with Crippen molar-refractivity contribution in [2.45, 2.75) is 66.7 Å². The topological polar surface area (TPSA) is 45.5 Å². The zero-order valence-corrected chi connectivity index (χ0v) is 20.7. The summed E-state index contributed by atoms with van der Waals surface area (Å²) in [5.74, 6) is 1.58. The minimum atomic E-state index is 0.576. The zero-order valence-electron chi connectivity index (χ0n) is 20.7. The molecule has 1 N–H and O–H groups in total. The summed E-state index contributed by atoms with van der Waals surface area (Å²) in [6.07, 6.45) is 20.4. The van der Waals surface area contributed by atoms with Gasteiger partial charge in [-0.05, 0) is 51.2 Å². The van der Waals surface area contributed by atoms with Crippen molar-refractivity contribution < 1.29 is 0 Å². The normalized spacial score (nSPS) is 13.7. The summed E-state index contributed by atoms with van der Waals surface area (Å²) in [6.45, 7) is 11.4. The van der Waals surface area contributed by atoms with E-state index in [1.54, 1.807) is 0 Å². The van der Waals surface area contributed by atoms with E-state index in [9.17, 15) is 0 Å². The van der Waals surface area contributed by atoms with Gasteiger partial charge in [-0.2, -0.15) is 10.2 Å². The van der Waals surface area contributed by atoms with Crippen molar-refractivity contribution in [3.63, 3.8) is 0 Å². The number of nitrogens with one attached hydrogen (secondary N) is 1. The van der Waals surface area contributed by atoms with E-state index in [2.05, 4.69) is 79.6 Å². The number of hydrogen-bond acceptors (Lipinski definition) is 4. The molecule has 5 heteroatoms. The molecule has 0 saturated heterocycles. The van der Waals surface area contributed by atoms with Crippen LogP contribution in [-0.4, -0.2) is 41.0 Å². The Morgan fingerprint density at radius 2 is 1.94 bits per heavy atom. The lowest BCUT2D eigenvalue weighted by Crippen LogP contribution is -2.20. The molecule has 31 heavy (non-hydrogen) atoms. The van der Waals surface area contributed by atoms with Crippen LogP contribution in [0.15, 0.2) is 53.8 Å². The molecule has 0 aliphatic rings. The molecule has 0 aliphatic heterocycles. The van der Waals surface area contributed by atoms with Crippen molar-refractivity contribution >= 4 is 17.1 Å². The van der Waals surface area contributed by atoms with Crippen LogP contribution in [0.3, 0.4) is 0 Å². The van der Waals surface area contributed by atoms with Crippen molar-refractivity contribution in [3.8, 4) is 0 Å². The Bertz CT molecular complexity index is 771. The molecule has 1 aromatic rings. The van der Waals surface area contributed by atoms with Gasteiger partial charge in [0, 0.05) is 31.6 Å². The molecule has 1 rings (SSSR count). The largest absolute Gasteiger partial charge is 0.363 e. The molecule has 172 valence electrons. The average Bonchev–Trinajstić information content (AvgIpc) is 3.22. The van der Waals surface area contributed by atoms with Gasteiger partial charge in [-0.3, -0.25) is 0 Å². The third kappa shape index (κ3) is 9.41. The summed E-state index contributed by atoms with van der Waals surface area (Å²) in [5, 5.41) is 9.44. The first-order valence-electron chi connectivity index (χ1n) is 11.7. The van der Waals surface area contributed by atoms with Gasteiger partial charge in [-0.25, -0.2) is 4.68 Å². The highest BCUT2D eigenvalue weighted by Gasteiger charge is 2.10. The van der Waals surface area contributed by atoms with Gasteiger partial charge >= 0.3 is 0 Å². The van der Waals surface area contributed by atoms with Crippen LogP contribution in [0.25, 0.3) is 11.4 Å². The van der Waals surface area contributed by atoms with Crippen LogP contribution >= 0.6 is 0 Å². The molecule has 1 aromatic heterocycles. The molecule has 0 unspecified atom stereocenters. The van der Waals surface area contributed by atoms with Gasteiger partial charge in [0.15, 0.2) is 0 Å². The second kappa shape index (κ2) is 15.3. The smallest absolute Gasteiger partial charge is 0.127 e. The maximum atomic E-state index is 4.81. The third-order valence-electron chi connectivity index (χ3n) is 5.07. The Morgan fingerprint density at radius 3 is 2.52 bits per heavy atom. The molecule has 1 heterocycles. The fourth-order valence-electron chi connectivity index (χ4n) is 3.46. The summed E-state index contributed by atoms with van der Waals surface area (Å²) in [6, 6.07) is 2.05. The molecule has 0 fully saturated rings. The van der Waals surface area contributed by atoms with Crippen molar-refractivity contribution in [2.75, 3.05) is 20.6 Å². The highest BCUT2D eigenvalue weighted by atomic mass is 15.4. The highest BCUT2D eigenvalue weighted by molar-refractivity contribution is 5.84. The molecule has 0 aliphatic carbocycles. The van der Waals surface area contributed by atoms with Crippen LogP contribution in [0.2, 0.25) is 0 Å². The van der Waals surface area contributed by atoms with Gasteiger partial charge in [0.1, 0.15) is 5.82 Å². The summed E-state index contributed by atoms with van der Waals surface area (Å²) in [7, 11) is 4.07. The maximum Gasteiger partial charge on any atom is 0.127 e. The Hall–Kier alpha value is -2.56. The van der Waals surface area contributed by atoms with Crippen molar-refractivity contribution in [1.82, 2.24) is 20.1 Å². The van der Waals surface area contributed by atoms with E-state index in [0.717, 1.165) is 23.5 Å². The summed E-state index contributed by atoms with van der Waals surface area (Å²) in [5.41, 5.74) is 6.49. The molecule has 0 atom stereocenters. The van der Waals surface area contributed by atoms with E-state index in [4.69, 9.17) is 5.10 Å². The van der Waals surface area contributed by atoms with Gasteiger partial charge in [0.2, 0.25) is 0 Å². The second-order valence-electron chi connectivity index (χ2n) is 7.95. The maximum absolute atomic E-state index is 4.81. The number of aromatic nitrogens is 2. The minimum Gasteiger partial charge on any atom is -0.363 e. The number of rotatable bonds is 14. The molecule has 5 nitrogen and oxygen atoms in total. The summed E-state index contributed by atoms with van der Waals surface area (Å²) in [4.78, 5) is 2.07. The van der Waals surface area contributed by atoms with Crippen LogP contribution in [-0.2, 0) is 0 Å². The first-order valence-corrected chi connectivity index (χ1v) is 11.7. The highest BCUT2D eigenvalue weighted by Crippen LogP contribution is 2.17. The van der Waals surface area contributed by atoms with Crippen molar-refractivity contribution in [2.24, 2.45) is 11.0 Å². The Labute approximate surface area is 190 Å². The lowest BCUT2D eigenvalue weighted by molar-refractivity contribution is 0.536. The van der Waals surface area contributed by atoms with E-state index < -0.39 is 0 Å². The molecular weight excluding hydrogens is 382 g/mol. The minimum absolute atomic E-state index is 0.576. The fraction of sp³-hybridized carbons (Fsp3) is 0.538.